The van der Waals surface area contributed by atoms with E-state index in [4.69, 9.17) is 5.14 Å². The lowest BCUT2D eigenvalue weighted by atomic mass is 10.1. The number of carbonyl (C=O) groups excluding carboxylic acids is 1. The number of esters is 1. The lowest BCUT2D eigenvalue weighted by Crippen LogP contribution is -2.19. The Balaban J connectivity index is 3.05. The Morgan fingerprint density at radius 2 is 2.00 bits per heavy atom. The van der Waals surface area contributed by atoms with Crippen LogP contribution in [0.25, 0.3) is 0 Å². The normalized spacial score (nSPS) is 10.9. The molecule has 1 aromatic carbocycles. The molecule has 0 aliphatic rings. The van der Waals surface area contributed by atoms with Gasteiger partial charge in [-0.05, 0) is 30.7 Å². The van der Waals surface area contributed by atoms with Crippen LogP contribution in [0.2, 0.25) is 0 Å². The first-order valence-electron chi connectivity index (χ1n) is 4.24. The summed E-state index contributed by atoms with van der Waals surface area (Å²) < 4.78 is 30.3. The molecule has 0 aliphatic heterocycles. The van der Waals surface area contributed by atoms with Crippen LogP contribution in [0.4, 0.5) is 0 Å². The van der Waals surface area contributed by atoms with Crippen LogP contribution in [0, 0.1) is 6.92 Å². The van der Waals surface area contributed by atoms with Crippen molar-refractivity contribution < 1.29 is 22.1 Å². The summed E-state index contributed by atoms with van der Waals surface area (Å²) in [4.78, 5) is 11.2. The third kappa shape index (κ3) is 3.21. The lowest BCUT2D eigenvalue weighted by molar-refractivity contribution is 0.0600. The van der Waals surface area contributed by atoms with Crippen LogP contribution in [0.15, 0.2) is 18.2 Å². The number of ether oxygens (including phenoxy) is 1. The van der Waals surface area contributed by atoms with E-state index in [1.165, 1.54) is 25.3 Å². The van der Waals surface area contributed by atoms with E-state index in [1.807, 2.05) is 0 Å². The molecule has 0 aliphatic carbocycles. The Kier molecular flexibility index (Phi) is 3.51. The van der Waals surface area contributed by atoms with E-state index in [9.17, 15) is 13.2 Å². The molecule has 0 fully saturated rings. The maximum atomic E-state index is 11.2. The van der Waals surface area contributed by atoms with Gasteiger partial charge in [-0.3, -0.25) is 0 Å². The highest BCUT2D eigenvalue weighted by atomic mass is 32.2. The average Bonchev–Trinajstić information content (AvgIpc) is 2.14. The van der Waals surface area contributed by atoms with Crippen LogP contribution in [0.1, 0.15) is 15.9 Å². The van der Waals surface area contributed by atoms with Gasteiger partial charge < -0.3 is 8.92 Å². The van der Waals surface area contributed by atoms with Crippen molar-refractivity contribution in [2.24, 2.45) is 5.14 Å². The Morgan fingerprint density at radius 1 is 1.38 bits per heavy atom. The highest BCUT2D eigenvalue weighted by Crippen LogP contribution is 2.18. The predicted octanol–water partition coefficient (Wildman–Crippen LogP) is 0.364. The third-order valence-corrected chi connectivity index (χ3v) is 2.24. The molecule has 7 heteroatoms. The van der Waals surface area contributed by atoms with Gasteiger partial charge in [0.2, 0.25) is 0 Å². The first-order valence-corrected chi connectivity index (χ1v) is 5.72. The van der Waals surface area contributed by atoms with Gasteiger partial charge in [-0.1, -0.05) is 0 Å². The summed E-state index contributed by atoms with van der Waals surface area (Å²) in [5.41, 5.74) is 0.872. The SMILES string of the molecule is COC(=O)c1ccc(OS(N)(=O)=O)cc1C. The molecular weight excluding hydrogens is 234 g/mol. The second-order valence-corrected chi connectivity index (χ2v) is 4.20. The molecule has 2 N–H and O–H groups in total. The summed E-state index contributed by atoms with van der Waals surface area (Å²) in [5.74, 6) is -0.452. The number of carbonyl (C=O) groups is 1. The minimum atomic E-state index is -4.05. The fourth-order valence-electron chi connectivity index (χ4n) is 1.16. The van der Waals surface area contributed by atoms with Gasteiger partial charge in [0.25, 0.3) is 0 Å². The Hall–Kier alpha value is -1.60. The van der Waals surface area contributed by atoms with E-state index in [0.717, 1.165) is 0 Å². The van der Waals surface area contributed by atoms with Gasteiger partial charge in [0.05, 0.1) is 12.7 Å². The second-order valence-electron chi connectivity index (χ2n) is 3.04. The van der Waals surface area contributed by atoms with Crippen LogP contribution in [0.5, 0.6) is 5.75 Å². The molecule has 88 valence electrons. The van der Waals surface area contributed by atoms with E-state index in [0.29, 0.717) is 11.1 Å². The van der Waals surface area contributed by atoms with Crippen molar-refractivity contribution in [3.05, 3.63) is 29.3 Å². The van der Waals surface area contributed by atoms with Crippen LogP contribution in [-0.4, -0.2) is 21.5 Å². The maximum Gasteiger partial charge on any atom is 0.380 e. The van der Waals surface area contributed by atoms with Gasteiger partial charge in [-0.25, -0.2) is 4.79 Å². The van der Waals surface area contributed by atoms with E-state index >= 15 is 0 Å². The fraction of sp³-hybridized carbons (Fsp3) is 0.222. The number of benzene rings is 1. The molecule has 0 aromatic heterocycles. The Morgan fingerprint density at radius 3 is 2.44 bits per heavy atom. The van der Waals surface area contributed by atoms with Gasteiger partial charge in [-0.15, -0.1) is 0 Å². The molecule has 1 aromatic rings. The van der Waals surface area contributed by atoms with Crippen molar-refractivity contribution >= 4 is 16.3 Å². The van der Waals surface area contributed by atoms with Crippen LogP contribution < -0.4 is 9.32 Å². The summed E-state index contributed by atoms with van der Waals surface area (Å²) in [7, 11) is -2.79. The van der Waals surface area contributed by atoms with Crippen LogP contribution >= 0.6 is 0 Å². The maximum absolute atomic E-state index is 11.2. The summed E-state index contributed by atoms with van der Waals surface area (Å²) in [5, 5.41) is 4.70. The first-order chi connectivity index (χ1) is 7.33. The van der Waals surface area contributed by atoms with Crippen LogP contribution in [-0.2, 0) is 15.0 Å². The molecule has 0 atom stereocenters. The average molecular weight is 245 g/mol. The smallest absolute Gasteiger partial charge is 0.380 e. The molecule has 0 unspecified atom stereocenters. The van der Waals surface area contributed by atoms with Gasteiger partial charge in [-0.2, -0.15) is 13.6 Å². The summed E-state index contributed by atoms with van der Waals surface area (Å²) in [6, 6.07) is 4.11. The molecule has 0 heterocycles. The Labute approximate surface area is 93.2 Å². The van der Waals surface area contributed by atoms with Gasteiger partial charge in [0.15, 0.2) is 0 Å². The van der Waals surface area contributed by atoms with Crippen LogP contribution in [0.3, 0.4) is 0 Å². The van der Waals surface area contributed by atoms with E-state index in [2.05, 4.69) is 8.92 Å². The number of methoxy groups -OCH3 is 1. The van der Waals surface area contributed by atoms with Crippen molar-refractivity contribution in [3.63, 3.8) is 0 Å². The minimum Gasteiger partial charge on any atom is -0.465 e. The topological polar surface area (TPSA) is 95.7 Å². The van der Waals surface area contributed by atoms with E-state index in [1.54, 1.807) is 6.92 Å². The monoisotopic (exact) mass is 245 g/mol. The lowest BCUT2D eigenvalue weighted by Gasteiger charge is -2.06. The number of hydrogen-bond acceptors (Lipinski definition) is 5. The standard InChI is InChI=1S/C9H11NO5S/c1-6-5-7(15-16(10,12)13)3-4-8(6)9(11)14-2/h3-5H,1-2H3,(H2,10,12,13). The van der Waals surface area contributed by atoms with Crippen molar-refractivity contribution in [2.45, 2.75) is 6.92 Å². The van der Waals surface area contributed by atoms with Crippen molar-refractivity contribution in [1.82, 2.24) is 0 Å². The molecule has 0 radical (unpaired) electrons. The van der Waals surface area contributed by atoms with Gasteiger partial charge >= 0.3 is 16.3 Å². The first kappa shape index (κ1) is 12.5. The molecule has 0 saturated heterocycles. The molecule has 0 bridgehead atoms. The van der Waals surface area contributed by atoms with Gasteiger partial charge in [0, 0.05) is 0 Å². The Bertz CT molecular complexity index is 509. The van der Waals surface area contributed by atoms with Crippen molar-refractivity contribution in [2.75, 3.05) is 7.11 Å². The largest absolute Gasteiger partial charge is 0.465 e. The van der Waals surface area contributed by atoms with E-state index in [-0.39, 0.29) is 5.75 Å². The minimum absolute atomic E-state index is 0.0488. The zero-order chi connectivity index (χ0) is 12.3. The number of hydrogen-bond donors (Lipinski definition) is 1. The van der Waals surface area contributed by atoms with Crippen molar-refractivity contribution in [1.29, 1.82) is 0 Å². The highest BCUT2D eigenvalue weighted by Gasteiger charge is 2.11. The molecule has 0 saturated carbocycles. The van der Waals surface area contributed by atoms with E-state index < -0.39 is 16.3 Å². The number of nitrogens with two attached hydrogens (primary N) is 1. The quantitative estimate of drug-likeness (QED) is 0.776. The molecule has 0 spiro atoms. The number of aryl methyl sites for hydroxylation is 1. The molecular formula is C9H11NO5S. The van der Waals surface area contributed by atoms with Crippen molar-refractivity contribution in [3.8, 4) is 5.75 Å². The predicted molar refractivity (Wildman–Crippen MR) is 56.3 cm³/mol. The summed E-state index contributed by atoms with van der Waals surface area (Å²) in [6.07, 6.45) is 0. The van der Waals surface area contributed by atoms with Gasteiger partial charge in [0.1, 0.15) is 5.75 Å². The zero-order valence-electron chi connectivity index (χ0n) is 8.76. The highest BCUT2D eigenvalue weighted by molar-refractivity contribution is 7.84. The summed E-state index contributed by atoms with van der Waals surface area (Å²) in [6.45, 7) is 1.63. The molecule has 0 amide bonds. The third-order valence-electron chi connectivity index (χ3n) is 1.82. The number of rotatable bonds is 3. The fourth-order valence-corrected chi connectivity index (χ4v) is 1.53. The zero-order valence-corrected chi connectivity index (χ0v) is 9.58. The summed E-state index contributed by atoms with van der Waals surface area (Å²) >= 11 is 0. The molecule has 16 heavy (non-hydrogen) atoms. The second kappa shape index (κ2) is 4.50. The molecule has 6 nitrogen and oxygen atoms in total. The molecule has 1 rings (SSSR count).